The molecule has 0 aliphatic rings. The molecule has 0 aliphatic heterocycles. The van der Waals surface area contributed by atoms with Crippen LogP contribution in [-0.2, 0) is 11.4 Å². The Balaban J connectivity index is 2.03. The molecule has 0 spiro atoms. The normalized spacial score (nSPS) is 12.1. The molecule has 1 N–H and O–H groups in total. The van der Waals surface area contributed by atoms with Crippen molar-refractivity contribution >= 4 is 11.8 Å². The second-order valence-corrected chi connectivity index (χ2v) is 12.4. The van der Waals surface area contributed by atoms with Crippen molar-refractivity contribution in [2.75, 3.05) is 35.5 Å². The van der Waals surface area contributed by atoms with Crippen molar-refractivity contribution in [1.82, 2.24) is 0 Å². The van der Waals surface area contributed by atoms with Crippen LogP contribution in [-0.4, -0.2) is 52.9 Å². The molecule has 0 aromatic heterocycles. The minimum absolute atomic E-state index is 0.0823. The number of hydrogen-bond acceptors (Lipinski definition) is 9. The van der Waals surface area contributed by atoms with Crippen LogP contribution in [0.15, 0.2) is 77.7 Å². The van der Waals surface area contributed by atoms with Crippen LogP contribution in [0.25, 0.3) is 0 Å². The van der Waals surface area contributed by atoms with E-state index in [-0.39, 0.29) is 12.2 Å². The minimum atomic E-state index is -1.91. The fraction of sp³-hybridized carbons (Fsp3) is 0.333. The Bertz CT molecular complexity index is 1720. The van der Waals surface area contributed by atoms with E-state index in [0.29, 0.717) is 62.7 Å². The molecule has 0 fully saturated rings. The Hall–Kier alpha value is -4.65. The van der Waals surface area contributed by atoms with Gasteiger partial charge in [-0.1, -0.05) is 42.2 Å². The topological polar surface area (TPSA) is 84.8 Å². The average molecular weight is 673 g/mol. The second-order valence-electron chi connectivity index (χ2n) is 11.3. The van der Waals surface area contributed by atoms with Gasteiger partial charge in [-0.3, -0.25) is 0 Å². The van der Waals surface area contributed by atoms with Crippen LogP contribution < -0.4 is 33.2 Å². The molecule has 4 aromatic rings. The van der Waals surface area contributed by atoms with E-state index in [2.05, 4.69) is 24.0 Å². The van der Waals surface area contributed by atoms with E-state index in [1.807, 2.05) is 58.0 Å². The largest absolute Gasteiger partial charge is 0.493 e. The van der Waals surface area contributed by atoms with Crippen molar-refractivity contribution in [2.24, 2.45) is 0 Å². The SMILES string of the molecule is COc1ccc(C#CC(O)(c2cc(OC)c(OC)c(OC)c2)c2cc(OC(C)C)c(OC)cc2SCc2ccccc2)cc1OC(C)C. The molecular weight excluding hydrogens is 628 g/mol. The highest BCUT2D eigenvalue weighted by atomic mass is 32.2. The second kappa shape index (κ2) is 16.4. The lowest BCUT2D eigenvalue weighted by Gasteiger charge is -2.29. The van der Waals surface area contributed by atoms with E-state index in [4.69, 9.17) is 33.2 Å². The van der Waals surface area contributed by atoms with Gasteiger partial charge in [-0.15, -0.1) is 11.8 Å². The molecular formula is C39H44O8S. The Morgan fingerprint density at radius 1 is 0.646 bits per heavy atom. The Morgan fingerprint density at radius 2 is 1.23 bits per heavy atom. The highest BCUT2D eigenvalue weighted by Gasteiger charge is 2.36. The summed E-state index contributed by atoms with van der Waals surface area (Å²) in [6.07, 6.45) is -0.241. The van der Waals surface area contributed by atoms with Gasteiger partial charge in [0.2, 0.25) is 5.75 Å². The van der Waals surface area contributed by atoms with E-state index in [0.717, 1.165) is 10.5 Å². The van der Waals surface area contributed by atoms with Gasteiger partial charge in [0.05, 0.1) is 47.8 Å². The highest BCUT2D eigenvalue weighted by Crippen LogP contribution is 2.47. The standard InChI is InChI=1S/C39H44O8S/c1-25(2)46-33-19-27(15-16-31(33)41-5)17-18-39(40,29-20-35(43-7)38(45-9)36(21-29)44-8)30-22-34(47-26(3)4)32(42-6)23-37(30)48-24-28-13-11-10-12-14-28/h10-16,19-23,25-26,40H,24H2,1-9H3. The van der Waals surface area contributed by atoms with Crippen LogP contribution in [0.1, 0.15) is 49.9 Å². The van der Waals surface area contributed by atoms with E-state index in [9.17, 15) is 5.11 Å². The van der Waals surface area contributed by atoms with Gasteiger partial charge in [0, 0.05) is 27.3 Å². The number of aliphatic hydroxyl groups is 1. The first-order valence-electron chi connectivity index (χ1n) is 15.5. The van der Waals surface area contributed by atoms with E-state index >= 15 is 0 Å². The van der Waals surface area contributed by atoms with Crippen LogP contribution in [0.5, 0.6) is 40.2 Å². The van der Waals surface area contributed by atoms with Crippen molar-refractivity contribution in [3.63, 3.8) is 0 Å². The van der Waals surface area contributed by atoms with Gasteiger partial charge in [0.15, 0.2) is 40.1 Å². The van der Waals surface area contributed by atoms with Crippen molar-refractivity contribution < 1.29 is 38.3 Å². The van der Waals surface area contributed by atoms with Gasteiger partial charge >= 0.3 is 0 Å². The van der Waals surface area contributed by atoms with Crippen LogP contribution in [0, 0.1) is 11.8 Å². The molecule has 0 saturated carbocycles. The molecule has 0 heterocycles. The predicted molar refractivity (Wildman–Crippen MR) is 189 cm³/mol. The Labute approximate surface area is 288 Å². The number of benzene rings is 4. The molecule has 48 heavy (non-hydrogen) atoms. The fourth-order valence-electron chi connectivity index (χ4n) is 5.03. The lowest BCUT2D eigenvalue weighted by atomic mass is 9.85. The first-order chi connectivity index (χ1) is 23.1. The lowest BCUT2D eigenvalue weighted by Crippen LogP contribution is -2.27. The lowest BCUT2D eigenvalue weighted by molar-refractivity contribution is 0.140. The number of rotatable bonds is 14. The van der Waals surface area contributed by atoms with Crippen LogP contribution in [0.3, 0.4) is 0 Å². The zero-order valence-corrected chi connectivity index (χ0v) is 29.8. The molecule has 0 saturated heterocycles. The van der Waals surface area contributed by atoms with Crippen molar-refractivity contribution in [2.45, 2.75) is 56.2 Å². The van der Waals surface area contributed by atoms with Crippen molar-refractivity contribution in [1.29, 1.82) is 0 Å². The summed E-state index contributed by atoms with van der Waals surface area (Å²) < 4.78 is 40.5. The molecule has 254 valence electrons. The van der Waals surface area contributed by atoms with E-state index in [1.165, 1.54) is 21.3 Å². The molecule has 9 heteroatoms. The first-order valence-corrected chi connectivity index (χ1v) is 16.5. The van der Waals surface area contributed by atoms with E-state index < -0.39 is 5.60 Å². The Kier molecular flexibility index (Phi) is 12.4. The van der Waals surface area contributed by atoms with Gasteiger partial charge in [0.25, 0.3) is 0 Å². The summed E-state index contributed by atoms with van der Waals surface area (Å²) in [6, 6.07) is 22.6. The summed E-state index contributed by atoms with van der Waals surface area (Å²) >= 11 is 1.56. The molecule has 4 aromatic carbocycles. The predicted octanol–water partition coefficient (Wildman–Crippen LogP) is 7.88. The first kappa shape index (κ1) is 36.2. The third kappa shape index (κ3) is 8.43. The summed E-state index contributed by atoms with van der Waals surface area (Å²) in [6.45, 7) is 7.75. The molecule has 0 aliphatic carbocycles. The molecule has 0 bridgehead atoms. The summed E-state index contributed by atoms with van der Waals surface area (Å²) in [4.78, 5) is 0.746. The average Bonchev–Trinajstić information content (AvgIpc) is 3.09. The number of methoxy groups -OCH3 is 5. The monoisotopic (exact) mass is 672 g/mol. The van der Waals surface area contributed by atoms with Crippen LogP contribution >= 0.6 is 11.8 Å². The van der Waals surface area contributed by atoms with Gasteiger partial charge in [-0.05, 0) is 75.7 Å². The maximum Gasteiger partial charge on any atom is 0.203 e. The Morgan fingerprint density at radius 3 is 1.77 bits per heavy atom. The van der Waals surface area contributed by atoms with Crippen molar-refractivity contribution in [3.05, 3.63) is 95.1 Å². The summed E-state index contributed by atoms with van der Waals surface area (Å²) in [5.74, 6) is 10.3. The highest BCUT2D eigenvalue weighted by molar-refractivity contribution is 7.98. The third-order valence-corrected chi connectivity index (χ3v) is 8.38. The molecule has 0 radical (unpaired) electrons. The number of thioether (sulfide) groups is 1. The van der Waals surface area contributed by atoms with Gasteiger partial charge in [0.1, 0.15) is 0 Å². The third-order valence-electron chi connectivity index (χ3n) is 7.25. The van der Waals surface area contributed by atoms with Gasteiger partial charge in [-0.2, -0.15) is 0 Å². The fourth-order valence-corrected chi connectivity index (χ4v) is 6.10. The molecule has 1 atom stereocenters. The van der Waals surface area contributed by atoms with Crippen molar-refractivity contribution in [3.8, 4) is 52.1 Å². The number of hydrogen-bond donors (Lipinski definition) is 1. The number of ether oxygens (including phenoxy) is 7. The summed E-state index contributed by atoms with van der Waals surface area (Å²) in [5.41, 5.74) is 0.718. The molecule has 0 amide bonds. The van der Waals surface area contributed by atoms with Crippen LogP contribution in [0.4, 0.5) is 0 Å². The van der Waals surface area contributed by atoms with Gasteiger partial charge < -0.3 is 38.3 Å². The van der Waals surface area contributed by atoms with Crippen LogP contribution in [0.2, 0.25) is 0 Å². The maximum atomic E-state index is 13.0. The zero-order valence-electron chi connectivity index (χ0n) is 29.0. The summed E-state index contributed by atoms with van der Waals surface area (Å²) in [5, 5.41) is 13.0. The molecule has 4 rings (SSSR count). The molecule has 8 nitrogen and oxygen atoms in total. The quantitative estimate of drug-likeness (QED) is 0.106. The maximum absolute atomic E-state index is 13.0. The summed E-state index contributed by atoms with van der Waals surface area (Å²) in [7, 11) is 7.78. The zero-order chi connectivity index (χ0) is 34.8. The minimum Gasteiger partial charge on any atom is -0.493 e. The van der Waals surface area contributed by atoms with Gasteiger partial charge in [-0.25, -0.2) is 0 Å². The van der Waals surface area contributed by atoms with E-state index in [1.54, 1.807) is 56.3 Å². The smallest absolute Gasteiger partial charge is 0.203 e. The molecule has 1 unspecified atom stereocenters.